The molecule has 1 aromatic carbocycles. The molecule has 3 rings (SSSR count). The molecule has 0 unspecified atom stereocenters. The molecule has 0 spiro atoms. The van der Waals surface area contributed by atoms with Crippen molar-refractivity contribution in [1.82, 2.24) is 15.6 Å². The van der Waals surface area contributed by atoms with E-state index < -0.39 is 0 Å². The highest BCUT2D eigenvalue weighted by Gasteiger charge is 2.12. The van der Waals surface area contributed by atoms with Gasteiger partial charge in [-0.15, -0.1) is 35.7 Å². The van der Waals surface area contributed by atoms with Crippen molar-refractivity contribution in [1.29, 1.82) is 0 Å². The molecule has 1 aromatic heterocycles. The Morgan fingerprint density at radius 2 is 1.89 bits per heavy atom. The number of aliphatic imine (C=N–C) groups is 1. The van der Waals surface area contributed by atoms with Crippen LogP contribution < -0.4 is 15.5 Å². The van der Waals surface area contributed by atoms with Gasteiger partial charge in [-0.05, 0) is 48.7 Å². The third-order valence-corrected chi connectivity index (χ3v) is 5.67. The number of thioether (sulfide) groups is 1. The molecule has 1 aliphatic rings. The first-order valence-corrected chi connectivity index (χ1v) is 10.6. The van der Waals surface area contributed by atoms with Gasteiger partial charge in [-0.3, -0.25) is 4.99 Å². The number of guanidine groups is 1. The van der Waals surface area contributed by atoms with E-state index in [0.717, 1.165) is 47.8 Å². The second-order valence-electron chi connectivity index (χ2n) is 6.37. The first-order chi connectivity index (χ1) is 13.2. The van der Waals surface area contributed by atoms with Crippen molar-refractivity contribution in [2.45, 2.75) is 24.3 Å². The summed E-state index contributed by atoms with van der Waals surface area (Å²) < 4.78 is 0. The number of halogens is 2. The van der Waals surface area contributed by atoms with Gasteiger partial charge in [0.25, 0.3) is 0 Å². The summed E-state index contributed by atoms with van der Waals surface area (Å²) in [4.78, 5) is 12.4. The number of nitrogens with zero attached hydrogens (tertiary/aromatic N) is 3. The van der Waals surface area contributed by atoms with Crippen molar-refractivity contribution in [2.75, 3.05) is 37.3 Å². The molecule has 1 aliphatic heterocycles. The zero-order valence-electron chi connectivity index (χ0n) is 16.0. The molecule has 2 N–H and O–H groups in total. The summed E-state index contributed by atoms with van der Waals surface area (Å²) in [5, 5.41) is 7.45. The van der Waals surface area contributed by atoms with Crippen molar-refractivity contribution < 1.29 is 0 Å². The molecule has 1 fully saturated rings. The number of hydrogen-bond acceptors (Lipinski definition) is 4. The second kappa shape index (κ2) is 12.4. The number of nitrogens with one attached hydrogen (secondary N) is 2. The first-order valence-electron chi connectivity index (χ1n) is 9.27. The van der Waals surface area contributed by atoms with Crippen LogP contribution in [0.5, 0.6) is 0 Å². The molecule has 0 radical (unpaired) electrons. The van der Waals surface area contributed by atoms with Crippen molar-refractivity contribution in [3.63, 3.8) is 0 Å². The molecular weight excluding hydrogens is 505 g/mol. The van der Waals surface area contributed by atoms with Gasteiger partial charge in [0.15, 0.2) is 5.96 Å². The lowest BCUT2D eigenvalue weighted by Gasteiger charge is -2.16. The van der Waals surface area contributed by atoms with Crippen molar-refractivity contribution >= 4 is 59.1 Å². The molecule has 2 heterocycles. The van der Waals surface area contributed by atoms with Crippen LogP contribution in [0.1, 0.15) is 18.4 Å². The van der Waals surface area contributed by atoms with Gasteiger partial charge in [-0.2, -0.15) is 0 Å². The fraction of sp³-hybridized carbons (Fsp3) is 0.400. The molecule has 0 saturated carbocycles. The molecule has 0 atom stereocenters. The highest BCUT2D eigenvalue weighted by atomic mass is 127. The van der Waals surface area contributed by atoms with Crippen LogP contribution in [-0.4, -0.2) is 43.4 Å². The summed E-state index contributed by atoms with van der Waals surface area (Å²) in [5.74, 6) is 2.84. The SMILES string of the molecule is CN=C(NCCSc1ccc(Cl)cc1)NCc1ccc(N2CCCC2)nc1.I. The minimum Gasteiger partial charge on any atom is -0.357 e. The number of pyridine rings is 1. The molecule has 2 aromatic rings. The van der Waals surface area contributed by atoms with E-state index in [1.165, 1.54) is 17.7 Å². The Morgan fingerprint density at radius 1 is 1.14 bits per heavy atom. The Morgan fingerprint density at radius 3 is 2.54 bits per heavy atom. The second-order valence-corrected chi connectivity index (χ2v) is 7.98. The molecule has 1 saturated heterocycles. The fourth-order valence-corrected chi connectivity index (χ4v) is 3.82. The summed E-state index contributed by atoms with van der Waals surface area (Å²) in [6.45, 7) is 3.78. The minimum atomic E-state index is 0. The molecule has 5 nitrogen and oxygen atoms in total. The quantitative estimate of drug-likeness (QED) is 0.182. The summed E-state index contributed by atoms with van der Waals surface area (Å²) >= 11 is 7.70. The number of hydrogen-bond donors (Lipinski definition) is 2. The zero-order valence-corrected chi connectivity index (χ0v) is 19.9. The van der Waals surface area contributed by atoms with Crippen LogP contribution in [0.3, 0.4) is 0 Å². The smallest absolute Gasteiger partial charge is 0.191 e. The van der Waals surface area contributed by atoms with Gasteiger partial charge in [0.2, 0.25) is 0 Å². The van der Waals surface area contributed by atoms with Gasteiger partial charge in [-0.25, -0.2) is 4.98 Å². The Labute approximate surface area is 193 Å². The van der Waals surface area contributed by atoms with E-state index in [1.54, 1.807) is 18.8 Å². The Balaban J connectivity index is 0.00000280. The van der Waals surface area contributed by atoms with Gasteiger partial charge < -0.3 is 15.5 Å². The fourth-order valence-electron chi connectivity index (χ4n) is 2.93. The third kappa shape index (κ3) is 7.33. The summed E-state index contributed by atoms with van der Waals surface area (Å²) in [6.07, 6.45) is 4.48. The predicted molar refractivity (Wildman–Crippen MR) is 131 cm³/mol. The van der Waals surface area contributed by atoms with Crippen LogP contribution in [-0.2, 0) is 6.54 Å². The zero-order chi connectivity index (χ0) is 18.9. The number of rotatable bonds is 7. The molecule has 0 aliphatic carbocycles. The van der Waals surface area contributed by atoms with E-state index in [-0.39, 0.29) is 24.0 Å². The Bertz CT molecular complexity index is 733. The van der Waals surface area contributed by atoms with Gasteiger partial charge in [0.1, 0.15) is 5.82 Å². The molecule has 152 valence electrons. The van der Waals surface area contributed by atoms with Crippen LogP contribution in [0, 0.1) is 0 Å². The lowest BCUT2D eigenvalue weighted by atomic mass is 10.3. The average Bonchev–Trinajstić information content (AvgIpc) is 3.24. The largest absolute Gasteiger partial charge is 0.357 e. The van der Waals surface area contributed by atoms with Crippen molar-refractivity contribution in [2.24, 2.45) is 4.99 Å². The Hall–Kier alpha value is -1.19. The standard InChI is InChI=1S/C20H26ClN5S.HI/c1-22-20(23-10-13-27-18-7-5-17(21)6-8-18)25-15-16-4-9-19(24-14-16)26-11-2-3-12-26;/h4-9,14H,2-3,10-13,15H2,1H3,(H2,22,23,25);1H. The highest BCUT2D eigenvalue weighted by Crippen LogP contribution is 2.19. The molecular formula is C20H27ClIN5S. The van der Waals surface area contributed by atoms with E-state index in [2.05, 4.69) is 37.6 Å². The molecule has 28 heavy (non-hydrogen) atoms. The molecule has 0 amide bonds. The minimum absolute atomic E-state index is 0. The predicted octanol–water partition coefficient (Wildman–Crippen LogP) is 4.41. The normalized spacial score (nSPS) is 13.9. The maximum Gasteiger partial charge on any atom is 0.191 e. The molecule has 8 heteroatoms. The Kier molecular flexibility index (Phi) is 10.2. The average molecular weight is 532 g/mol. The number of aromatic nitrogens is 1. The van der Waals surface area contributed by atoms with Gasteiger partial charge in [0, 0.05) is 55.1 Å². The topological polar surface area (TPSA) is 52.6 Å². The van der Waals surface area contributed by atoms with E-state index >= 15 is 0 Å². The summed E-state index contributed by atoms with van der Waals surface area (Å²) in [6, 6.07) is 12.2. The monoisotopic (exact) mass is 531 g/mol. The van der Waals surface area contributed by atoms with E-state index in [4.69, 9.17) is 11.6 Å². The van der Waals surface area contributed by atoms with Crippen LogP contribution in [0.4, 0.5) is 5.82 Å². The maximum absolute atomic E-state index is 5.91. The van der Waals surface area contributed by atoms with Crippen molar-refractivity contribution in [3.05, 3.63) is 53.2 Å². The van der Waals surface area contributed by atoms with E-state index in [1.807, 2.05) is 30.5 Å². The van der Waals surface area contributed by atoms with Gasteiger partial charge in [0.05, 0.1) is 0 Å². The number of benzene rings is 1. The maximum atomic E-state index is 5.91. The van der Waals surface area contributed by atoms with Crippen LogP contribution in [0.2, 0.25) is 5.02 Å². The van der Waals surface area contributed by atoms with E-state index in [0.29, 0.717) is 6.54 Å². The first kappa shape index (κ1) is 23.1. The third-order valence-electron chi connectivity index (χ3n) is 4.40. The highest BCUT2D eigenvalue weighted by molar-refractivity contribution is 14.0. The van der Waals surface area contributed by atoms with Crippen LogP contribution in [0.25, 0.3) is 0 Å². The summed E-state index contributed by atoms with van der Waals surface area (Å²) in [7, 11) is 1.79. The van der Waals surface area contributed by atoms with Gasteiger partial charge >= 0.3 is 0 Å². The van der Waals surface area contributed by atoms with Gasteiger partial charge in [-0.1, -0.05) is 17.7 Å². The molecule has 0 bridgehead atoms. The van der Waals surface area contributed by atoms with E-state index in [9.17, 15) is 0 Å². The van der Waals surface area contributed by atoms with Crippen LogP contribution in [0.15, 0.2) is 52.5 Å². The number of anilines is 1. The van der Waals surface area contributed by atoms with Crippen molar-refractivity contribution in [3.8, 4) is 0 Å². The lowest BCUT2D eigenvalue weighted by molar-refractivity contribution is 0.827. The summed E-state index contributed by atoms with van der Waals surface area (Å²) in [5.41, 5.74) is 1.15. The lowest BCUT2D eigenvalue weighted by Crippen LogP contribution is -2.38. The van der Waals surface area contributed by atoms with Crippen LogP contribution >= 0.6 is 47.3 Å².